The summed E-state index contributed by atoms with van der Waals surface area (Å²) < 4.78 is 1.70. The minimum absolute atomic E-state index is 0.198. The first-order valence-electron chi connectivity index (χ1n) is 8.50. The zero-order valence-corrected chi connectivity index (χ0v) is 14.3. The van der Waals surface area contributed by atoms with E-state index in [2.05, 4.69) is 20.8 Å². The summed E-state index contributed by atoms with van der Waals surface area (Å²) in [6, 6.07) is 14.8. The molecule has 0 unspecified atom stereocenters. The summed E-state index contributed by atoms with van der Waals surface area (Å²) in [5, 5.41) is 24.6. The maximum absolute atomic E-state index is 12.6. The van der Waals surface area contributed by atoms with Crippen LogP contribution in [0.25, 0.3) is 0 Å². The van der Waals surface area contributed by atoms with E-state index in [4.69, 9.17) is 0 Å². The quantitative estimate of drug-likeness (QED) is 0.743. The second-order valence-corrected chi connectivity index (χ2v) is 6.50. The van der Waals surface area contributed by atoms with Gasteiger partial charge in [0.15, 0.2) is 0 Å². The third-order valence-corrected chi connectivity index (χ3v) is 4.75. The van der Waals surface area contributed by atoms with Crippen molar-refractivity contribution >= 4 is 5.91 Å². The standard InChI is InChI=1S/C19H19N5O2/c1-12-21-22-23-24(12)11-13-6-8-14(9-7-13)19(26)20-18-16-5-3-2-4-15(16)10-17(18)25/h2-9,17-18,25H,10-11H2,1H3,(H,20,26)/t17-,18-/m1/s1. The van der Waals surface area contributed by atoms with Crippen LogP contribution in [-0.4, -0.2) is 37.3 Å². The zero-order chi connectivity index (χ0) is 18.1. The molecule has 2 aromatic carbocycles. The number of aliphatic hydroxyl groups excluding tert-OH is 1. The lowest BCUT2D eigenvalue weighted by atomic mass is 10.1. The minimum Gasteiger partial charge on any atom is -0.390 e. The van der Waals surface area contributed by atoms with Gasteiger partial charge in [-0.05, 0) is 46.2 Å². The topological polar surface area (TPSA) is 92.9 Å². The summed E-state index contributed by atoms with van der Waals surface area (Å²) in [6.45, 7) is 2.39. The molecule has 0 fully saturated rings. The molecule has 2 atom stereocenters. The van der Waals surface area contributed by atoms with Gasteiger partial charge in [-0.25, -0.2) is 4.68 Å². The van der Waals surface area contributed by atoms with Crippen molar-refractivity contribution in [1.29, 1.82) is 0 Å². The molecule has 0 saturated heterocycles. The van der Waals surface area contributed by atoms with Gasteiger partial charge >= 0.3 is 0 Å². The van der Waals surface area contributed by atoms with Gasteiger partial charge < -0.3 is 10.4 Å². The monoisotopic (exact) mass is 349 g/mol. The second kappa shape index (κ2) is 6.68. The first-order valence-corrected chi connectivity index (χ1v) is 8.50. The van der Waals surface area contributed by atoms with Gasteiger partial charge in [0.05, 0.1) is 18.7 Å². The first kappa shape index (κ1) is 16.4. The lowest BCUT2D eigenvalue weighted by Gasteiger charge is -2.18. The Kier molecular flexibility index (Phi) is 4.22. The van der Waals surface area contributed by atoms with Crippen molar-refractivity contribution in [1.82, 2.24) is 25.5 Å². The van der Waals surface area contributed by atoms with Crippen molar-refractivity contribution in [3.8, 4) is 0 Å². The number of carbonyl (C=O) groups is 1. The predicted molar refractivity (Wildman–Crippen MR) is 94.5 cm³/mol. The van der Waals surface area contributed by atoms with Crippen molar-refractivity contribution < 1.29 is 9.90 Å². The lowest BCUT2D eigenvalue weighted by Crippen LogP contribution is -2.33. The van der Waals surface area contributed by atoms with E-state index in [0.29, 0.717) is 18.5 Å². The maximum Gasteiger partial charge on any atom is 0.251 e. The van der Waals surface area contributed by atoms with Crippen LogP contribution in [0.5, 0.6) is 0 Å². The van der Waals surface area contributed by atoms with Crippen LogP contribution in [0.15, 0.2) is 48.5 Å². The molecule has 1 aliphatic rings. The fourth-order valence-electron chi connectivity index (χ4n) is 3.30. The fraction of sp³-hybridized carbons (Fsp3) is 0.263. The highest BCUT2D eigenvalue weighted by Gasteiger charge is 2.31. The molecule has 1 heterocycles. The number of nitrogens with one attached hydrogen (secondary N) is 1. The number of aliphatic hydroxyl groups is 1. The van der Waals surface area contributed by atoms with Gasteiger partial charge in [0.25, 0.3) is 5.91 Å². The minimum atomic E-state index is -0.599. The number of rotatable bonds is 4. The number of carbonyl (C=O) groups excluding carboxylic acids is 1. The SMILES string of the molecule is Cc1nnnn1Cc1ccc(C(=O)N[C@@H]2c3ccccc3C[C@H]2O)cc1. The summed E-state index contributed by atoms with van der Waals surface area (Å²) in [5.41, 5.74) is 3.62. The van der Waals surface area contributed by atoms with E-state index in [-0.39, 0.29) is 11.9 Å². The average molecular weight is 349 g/mol. The van der Waals surface area contributed by atoms with Gasteiger partial charge in [-0.3, -0.25) is 4.79 Å². The normalized spacial score (nSPS) is 18.5. The van der Waals surface area contributed by atoms with Crippen LogP contribution in [0, 0.1) is 6.92 Å². The Morgan fingerprint density at radius 3 is 2.73 bits per heavy atom. The molecule has 4 rings (SSSR count). The smallest absolute Gasteiger partial charge is 0.251 e. The molecule has 2 N–H and O–H groups in total. The molecule has 3 aromatic rings. The second-order valence-electron chi connectivity index (χ2n) is 6.50. The Balaban J connectivity index is 1.46. The molecule has 1 amide bonds. The number of hydrogen-bond donors (Lipinski definition) is 2. The number of fused-ring (bicyclic) bond motifs is 1. The largest absolute Gasteiger partial charge is 0.390 e. The Labute approximate surface area is 150 Å². The summed E-state index contributed by atoms with van der Waals surface area (Å²) in [7, 11) is 0. The van der Waals surface area contributed by atoms with Crippen molar-refractivity contribution in [2.24, 2.45) is 0 Å². The van der Waals surface area contributed by atoms with E-state index in [1.807, 2.05) is 43.3 Å². The number of nitrogens with zero attached hydrogens (tertiary/aromatic N) is 4. The van der Waals surface area contributed by atoms with Crippen molar-refractivity contribution in [3.05, 3.63) is 76.6 Å². The molecule has 0 saturated carbocycles. The van der Waals surface area contributed by atoms with Crippen molar-refractivity contribution in [2.45, 2.75) is 32.0 Å². The molecular formula is C19H19N5O2. The summed E-state index contributed by atoms with van der Waals surface area (Å²) in [4.78, 5) is 12.6. The Hall–Kier alpha value is -3.06. The Morgan fingerprint density at radius 1 is 1.23 bits per heavy atom. The van der Waals surface area contributed by atoms with E-state index in [9.17, 15) is 9.90 Å². The Bertz CT molecular complexity index is 935. The molecule has 1 aliphatic carbocycles. The molecule has 0 radical (unpaired) electrons. The highest BCUT2D eigenvalue weighted by atomic mass is 16.3. The predicted octanol–water partition coefficient (Wildman–Crippen LogP) is 1.42. The van der Waals surface area contributed by atoms with E-state index >= 15 is 0 Å². The van der Waals surface area contributed by atoms with Crippen LogP contribution in [0.3, 0.4) is 0 Å². The van der Waals surface area contributed by atoms with E-state index in [1.165, 1.54) is 0 Å². The number of hydrogen-bond acceptors (Lipinski definition) is 5. The van der Waals surface area contributed by atoms with Crippen LogP contribution in [-0.2, 0) is 13.0 Å². The number of aromatic nitrogens is 4. The molecule has 7 nitrogen and oxygen atoms in total. The molecule has 132 valence electrons. The highest BCUT2D eigenvalue weighted by molar-refractivity contribution is 5.94. The van der Waals surface area contributed by atoms with Crippen molar-refractivity contribution in [3.63, 3.8) is 0 Å². The van der Waals surface area contributed by atoms with Crippen LogP contribution in [0.1, 0.15) is 38.9 Å². The molecule has 7 heteroatoms. The number of benzene rings is 2. The van der Waals surface area contributed by atoms with Crippen molar-refractivity contribution in [2.75, 3.05) is 0 Å². The highest BCUT2D eigenvalue weighted by Crippen LogP contribution is 2.31. The van der Waals surface area contributed by atoms with Gasteiger partial charge in [0, 0.05) is 12.0 Å². The number of tetrazole rings is 1. The van der Waals surface area contributed by atoms with Gasteiger partial charge in [0.2, 0.25) is 0 Å². The van der Waals surface area contributed by atoms with Crippen LogP contribution in [0.4, 0.5) is 0 Å². The van der Waals surface area contributed by atoms with Crippen LogP contribution < -0.4 is 5.32 Å². The third kappa shape index (κ3) is 3.09. The van der Waals surface area contributed by atoms with E-state index in [0.717, 1.165) is 22.5 Å². The average Bonchev–Trinajstić information content (AvgIpc) is 3.19. The molecule has 1 aromatic heterocycles. The first-order chi connectivity index (χ1) is 12.6. The van der Waals surface area contributed by atoms with Gasteiger partial charge in [-0.15, -0.1) is 5.10 Å². The molecular weight excluding hydrogens is 330 g/mol. The molecule has 0 spiro atoms. The number of amides is 1. The maximum atomic E-state index is 12.6. The summed E-state index contributed by atoms with van der Waals surface area (Å²) >= 11 is 0. The van der Waals surface area contributed by atoms with Gasteiger partial charge in [-0.1, -0.05) is 36.4 Å². The Morgan fingerprint density at radius 2 is 2.00 bits per heavy atom. The molecule has 0 aliphatic heterocycles. The van der Waals surface area contributed by atoms with Gasteiger partial charge in [0.1, 0.15) is 5.82 Å². The fourth-order valence-corrected chi connectivity index (χ4v) is 3.30. The van der Waals surface area contributed by atoms with E-state index in [1.54, 1.807) is 16.8 Å². The summed E-state index contributed by atoms with van der Waals surface area (Å²) in [6.07, 6.45) is -0.0378. The van der Waals surface area contributed by atoms with E-state index < -0.39 is 6.10 Å². The van der Waals surface area contributed by atoms with Gasteiger partial charge in [-0.2, -0.15) is 0 Å². The molecule has 26 heavy (non-hydrogen) atoms. The van der Waals surface area contributed by atoms with Crippen LogP contribution in [0.2, 0.25) is 0 Å². The zero-order valence-electron chi connectivity index (χ0n) is 14.3. The number of aryl methyl sites for hydroxylation is 1. The summed E-state index contributed by atoms with van der Waals surface area (Å²) in [5.74, 6) is 0.539. The van der Waals surface area contributed by atoms with Crippen LogP contribution >= 0.6 is 0 Å². The third-order valence-electron chi connectivity index (χ3n) is 4.75. The lowest BCUT2D eigenvalue weighted by molar-refractivity contribution is 0.0858. The molecule has 0 bridgehead atoms.